The number of ether oxygens (including phenoxy) is 2. The van der Waals surface area contributed by atoms with Crippen LogP contribution in [-0.4, -0.2) is 42.9 Å². The number of rotatable bonds is 11. The molecule has 0 radical (unpaired) electrons. The highest BCUT2D eigenvalue weighted by molar-refractivity contribution is 7.09. The fourth-order valence-corrected chi connectivity index (χ4v) is 4.62. The maximum Gasteiger partial charge on any atom is 0.273 e. The van der Waals surface area contributed by atoms with Crippen molar-refractivity contribution in [2.24, 2.45) is 11.7 Å². The second-order valence-corrected chi connectivity index (χ2v) is 9.91. The maximum atomic E-state index is 14.2. The molecule has 1 aromatic heterocycles. The molecule has 3 rings (SSSR count). The number of benzene rings is 2. The van der Waals surface area contributed by atoms with E-state index >= 15 is 0 Å². The van der Waals surface area contributed by atoms with Gasteiger partial charge < -0.3 is 26.3 Å². The highest BCUT2D eigenvalue weighted by atomic mass is 32.1. The summed E-state index contributed by atoms with van der Waals surface area (Å²) in [5.74, 6) is -0.543. The molecule has 0 saturated heterocycles. The van der Waals surface area contributed by atoms with Gasteiger partial charge in [0.15, 0.2) is 5.69 Å². The summed E-state index contributed by atoms with van der Waals surface area (Å²) in [5, 5.41) is 2.97. The predicted molar refractivity (Wildman–Crippen MR) is 148 cm³/mol. The Bertz CT molecular complexity index is 1310. The van der Waals surface area contributed by atoms with E-state index in [2.05, 4.69) is 23.5 Å². The molecule has 2 aromatic carbocycles. The van der Waals surface area contributed by atoms with Crippen molar-refractivity contribution in [3.05, 3.63) is 64.2 Å². The van der Waals surface area contributed by atoms with Crippen molar-refractivity contribution in [1.29, 1.82) is 0 Å². The van der Waals surface area contributed by atoms with Crippen molar-refractivity contribution in [1.82, 2.24) is 9.69 Å². The molecule has 0 aliphatic rings. The van der Waals surface area contributed by atoms with Gasteiger partial charge in [-0.25, -0.2) is 0 Å². The Balaban J connectivity index is 2.24. The molecule has 0 aliphatic carbocycles. The monoisotopic (exact) mass is 539 g/mol. The standard InChI is InChI=1S/C27H33N5O5S/c1-15(2)12-13-30-26(34)23(17-7-9-18(36-4)10-8-17)32(19-14-16(3)6-11-20(19)37-5)27(35)24-21(28)22(25(29)33)31-38-24/h6-11,14-15,23H,12-13,28H2,1-5H3,(H2,29,33)(H,30,34). The van der Waals surface area contributed by atoms with Crippen LogP contribution in [0, 0.1) is 12.8 Å². The Morgan fingerprint density at radius 3 is 2.32 bits per heavy atom. The van der Waals surface area contributed by atoms with E-state index in [-0.39, 0.29) is 16.3 Å². The summed E-state index contributed by atoms with van der Waals surface area (Å²) in [5.41, 5.74) is 12.9. The second kappa shape index (κ2) is 12.4. The number of carbonyl (C=O) groups is 3. The minimum Gasteiger partial charge on any atom is -0.497 e. The van der Waals surface area contributed by atoms with Crippen LogP contribution in [0.25, 0.3) is 0 Å². The van der Waals surface area contributed by atoms with Gasteiger partial charge in [0.2, 0.25) is 5.91 Å². The van der Waals surface area contributed by atoms with Gasteiger partial charge in [0.25, 0.3) is 11.8 Å². The van der Waals surface area contributed by atoms with Gasteiger partial charge in [0, 0.05) is 6.54 Å². The van der Waals surface area contributed by atoms with Crippen molar-refractivity contribution in [2.45, 2.75) is 33.2 Å². The first-order valence-corrected chi connectivity index (χ1v) is 12.8. The molecule has 11 heteroatoms. The molecule has 38 heavy (non-hydrogen) atoms. The summed E-state index contributed by atoms with van der Waals surface area (Å²) in [6, 6.07) is 11.1. The Hall–Kier alpha value is -4.12. The van der Waals surface area contributed by atoms with Crippen molar-refractivity contribution < 1.29 is 23.9 Å². The molecule has 3 amide bonds. The number of hydrogen-bond acceptors (Lipinski definition) is 8. The van der Waals surface area contributed by atoms with E-state index in [0.29, 0.717) is 35.2 Å². The van der Waals surface area contributed by atoms with Gasteiger partial charge in [-0.15, -0.1) is 0 Å². The fourth-order valence-electron chi connectivity index (χ4n) is 3.88. The van der Waals surface area contributed by atoms with E-state index in [1.54, 1.807) is 43.5 Å². The van der Waals surface area contributed by atoms with E-state index in [0.717, 1.165) is 23.5 Å². The van der Waals surface area contributed by atoms with Crippen LogP contribution in [0.3, 0.4) is 0 Å². The van der Waals surface area contributed by atoms with E-state index in [9.17, 15) is 14.4 Å². The van der Waals surface area contributed by atoms with Gasteiger partial charge in [-0.05, 0) is 66.2 Å². The first kappa shape index (κ1) is 28.5. The number of nitrogens with two attached hydrogens (primary N) is 2. The zero-order chi connectivity index (χ0) is 28.0. The molecule has 5 N–H and O–H groups in total. The van der Waals surface area contributed by atoms with Crippen molar-refractivity contribution in [2.75, 3.05) is 31.4 Å². The first-order valence-electron chi connectivity index (χ1n) is 12.0. The summed E-state index contributed by atoms with van der Waals surface area (Å²) in [6.45, 7) is 6.40. The average molecular weight is 540 g/mol. The van der Waals surface area contributed by atoms with Gasteiger partial charge in [-0.3, -0.25) is 19.3 Å². The van der Waals surface area contributed by atoms with Crippen LogP contribution in [0.1, 0.15) is 57.6 Å². The molecule has 1 unspecified atom stereocenters. The van der Waals surface area contributed by atoms with Crippen LogP contribution in [0.15, 0.2) is 42.5 Å². The third-order valence-corrected chi connectivity index (χ3v) is 6.78. The summed E-state index contributed by atoms with van der Waals surface area (Å²) in [4.78, 5) is 41.1. The molecular formula is C27H33N5O5S. The topological polar surface area (TPSA) is 150 Å². The molecule has 202 valence electrons. The quantitative estimate of drug-likeness (QED) is 0.336. The highest BCUT2D eigenvalue weighted by Gasteiger charge is 2.37. The van der Waals surface area contributed by atoms with Gasteiger partial charge in [0.05, 0.1) is 25.6 Å². The average Bonchev–Trinajstić information content (AvgIpc) is 3.28. The van der Waals surface area contributed by atoms with Crippen LogP contribution in [-0.2, 0) is 4.79 Å². The van der Waals surface area contributed by atoms with Crippen LogP contribution in [0.5, 0.6) is 11.5 Å². The highest BCUT2D eigenvalue weighted by Crippen LogP contribution is 2.39. The molecule has 3 aromatic rings. The molecular weight excluding hydrogens is 506 g/mol. The number of nitrogen functional groups attached to an aromatic ring is 1. The number of aryl methyl sites for hydroxylation is 1. The number of methoxy groups -OCH3 is 2. The number of hydrogen-bond donors (Lipinski definition) is 3. The molecule has 0 aliphatic heterocycles. The van der Waals surface area contributed by atoms with E-state index in [1.165, 1.54) is 12.0 Å². The third kappa shape index (κ3) is 6.23. The number of nitrogens with zero attached hydrogens (tertiary/aromatic N) is 2. The zero-order valence-corrected chi connectivity index (χ0v) is 22.9. The van der Waals surface area contributed by atoms with Gasteiger partial charge in [-0.2, -0.15) is 4.37 Å². The smallest absolute Gasteiger partial charge is 0.273 e. The molecule has 1 heterocycles. The SMILES string of the molecule is COc1ccc(C(C(=O)NCCC(C)C)N(C(=O)c2snc(C(N)=O)c2N)c2cc(C)ccc2OC)cc1. The zero-order valence-electron chi connectivity index (χ0n) is 22.1. The predicted octanol–water partition coefficient (Wildman–Crippen LogP) is 3.70. The molecule has 0 spiro atoms. The minimum atomic E-state index is -1.12. The van der Waals surface area contributed by atoms with E-state index < -0.39 is 23.8 Å². The van der Waals surface area contributed by atoms with Crippen LogP contribution >= 0.6 is 11.5 Å². The van der Waals surface area contributed by atoms with Crippen LogP contribution in [0.2, 0.25) is 0 Å². The van der Waals surface area contributed by atoms with Crippen molar-refractivity contribution in [3.63, 3.8) is 0 Å². The number of nitrogens with one attached hydrogen (secondary N) is 1. The maximum absolute atomic E-state index is 14.2. The van der Waals surface area contributed by atoms with Crippen LogP contribution in [0.4, 0.5) is 11.4 Å². The molecule has 1 atom stereocenters. The van der Waals surface area contributed by atoms with Gasteiger partial charge in [0.1, 0.15) is 22.4 Å². The first-order chi connectivity index (χ1) is 18.1. The summed E-state index contributed by atoms with van der Waals surface area (Å²) >= 11 is 0.746. The number of carbonyl (C=O) groups excluding carboxylic acids is 3. The lowest BCUT2D eigenvalue weighted by Crippen LogP contribution is -2.44. The van der Waals surface area contributed by atoms with Gasteiger partial charge >= 0.3 is 0 Å². The number of aromatic nitrogens is 1. The Kier molecular flexibility index (Phi) is 9.30. The summed E-state index contributed by atoms with van der Waals surface area (Å²) < 4.78 is 14.9. The molecule has 0 bridgehead atoms. The second-order valence-electron chi connectivity index (χ2n) is 9.14. The Morgan fingerprint density at radius 2 is 1.76 bits per heavy atom. The van der Waals surface area contributed by atoms with Crippen LogP contribution < -0.4 is 31.2 Å². The number of anilines is 2. The van der Waals surface area contributed by atoms with Crippen molar-refractivity contribution in [3.8, 4) is 11.5 Å². The largest absolute Gasteiger partial charge is 0.497 e. The Labute approximate surface area is 226 Å². The van der Waals surface area contributed by atoms with E-state index in [4.69, 9.17) is 20.9 Å². The lowest BCUT2D eigenvalue weighted by Gasteiger charge is -2.32. The molecule has 0 fully saturated rings. The molecule has 0 saturated carbocycles. The summed E-state index contributed by atoms with van der Waals surface area (Å²) in [7, 11) is 3.02. The van der Waals surface area contributed by atoms with Gasteiger partial charge in [-0.1, -0.05) is 32.0 Å². The van der Waals surface area contributed by atoms with E-state index in [1.807, 2.05) is 13.0 Å². The normalized spacial score (nSPS) is 11.6. The Morgan fingerprint density at radius 1 is 1.08 bits per heavy atom. The number of amides is 3. The van der Waals surface area contributed by atoms with Crippen molar-refractivity contribution >= 4 is 40.6 Å². The molecule has 10 nitrogen and oxygen atoms in total. The summed E-state index contributed by atoms with van der Waals surface area (Å²) in [6.07, 6.45) is 0.756. The third-order valence-electron chi connectivity index (χ3n) is 5.93. The lowest BCUT2D eigenvalue weighted by atomic mass is 10.0. The minimum absolute atomic E-state index is 0.0177. The fraction of sp³-hybridized carbons (Fsp3) is 0.333. The lowest BCUT2D eigenvalue weighted by molar-refractivity contribution is -0.122. The number of primary amides is 1.